The van der Waals surface area contributed by atoms with Gasteiger partial charge in [-0.2, -0.15) is 5.10 Å². The zero-order chi connectivity index (χ0) is 21.3. The van der Waals surface area contributed by atoms with E-state index in [9.17, 15) is 4.79 Å². The zero-order valence-corrected chi connectivity index (χ0v) is 18.5. The molecule has 6 heteroatoms. The summed E-state index contributed by atoms with van der Waals surface area (Å²) in [4.78, 5) is 13.4. The fraction of sp³-hybridized carbons (Fsp3) is 0.167. The molecule has 0 radical (unpaired) electrons. The molecule has 0 N–H and O–H groups in total. The van der Waals surface area contributed by atoms with E-state index in [-0.39, 0.29) is 5.91 Å². The number of carbonyl (C=O) groups is 1. The van der Waals surface area contributed by atoms with Crippen LogP contribution in [-0.2, 0) is 11.3 Å². The molecule has 0 saturated carbocycles. The van der Waals surface area contributed by atoms with Crippen LogP contribution in [-0.4, -0.2) is 16.6 Å². The summed E-state index contributed by atoms with van der Waals surface area (Å²) < 4.78 is 0. The van der Waals surface area contributed by atoms with Crippen molar-refractivity contribution >= 4 is 46.4 Å². The Kier molecular flexibility index (Phi) is 6.14. The summed E-state index contributed by atoms with van der Waals surface area (Å²) in [5, 5.41) is 7.71. The fourth-order valence-electron chi connectivity index (χ4n) is 3.53. The van der Waals surface area contributed by atoms with Crippen LogP contribution in [0.15, 0.2) is 71.8 Å². The highest BCUT2D eigenvalue weighted by molar-refractivity contribution is 6.42. The predicted octanol–water partition coefficient (Wildman–Crippen LogP) is 6.88. The van der Waals surface area contributed by atoms with E-state index in [0.717, 1.165) is 22.4 Å². The first-order valence-corrected chi connectivity index (χ1v) is 10.7. The average Bonchev–Trinajstić information content (AvgIpc) is 2.74. The van der Waals surface area contributed by atoms with Crippen molar-refractivity contribution in [3.8, 4) is 0 Å². The SMILES string of the molecule is Cc1ccc(CN2N=C(c3ccc(Cl)cc3)C[C@H](c3cccc(Cl)c3Cl)C2=O)cc1. The molecule has 1 atom stereocenters. The highest BCUT2D eigenvalue weighted by Crippen LogP contribution is 2.37. The third-order valence-corrected chi connectivity index (χ3v) is 6.26. The number of halogens is 3. The lowest BCUT2D eigenvalue weighted by Crippen LogP contribution is -2.37. The summed E-state index contributed by atoms with van der Waals surface area (Å²) in [5.41, 5.74) is 4.61. The van der Waals surface area contributed by atoms with E-state index in [4.69, 9.17) is 34.8 Å². The Labute approximate surface area is 190 Å². The van der Waals surface area contributed by atoms with Crippen LogP contribution in [0.2, 0.25) is 15.1 Å². The Balaban J connectivity index is 1.75. The molecule has 0 spiro atoms. The number of hydrogen-bond acceptors (Lipinski definition) is 2. The first kappa shape index (κ1) is 20.9. The van der Waals surface area contributed by atoms with Gasteiger partial charge in [-0.1, -0.05) is 88.9 Å². The first-order valence-electron chi connectivity index (χ1n) is 9.56. The van der Waals surface area contributed by atoms with Gasteiger partial charge in [-0.15, -0.1) is 0 Å². The molecular formula is C24H19Cl3N2O. The molecule has 0 fully saturated rings. The maximum absolute atomic E-state index is 13.4. The Bertz CT molecular complexity index is 1110. The minimum absolute atomic E-state index is 0.0996. The van der Waals surface area contributed by atoms with E-state index >= 15 is 0 Å². The molecule has 3 nitrogen and oxygen atoms in total. The molecule has 0 unspecified atom stereocenters. The number of carbonyl (C=O) groups excluding carboxylic acids is 1. The number of hydrazone groups is 1. The third-order valence-electron chi connectivity index (χ3n) is 5.18. The largest absolute Gasteiger partial charge is 0.272 e. The van der Waals surface area contributed by atoms with Crippen LogP contribution in [0.5, 0.6) is 0 Å². The minimum atomic E-state index is -0.468. The van der Waals surface area contributed by atoms with Crippen molar-refractivity contribution in [1.82, 2.24) is 5.01 Å². The van der Waals surface area contributed by atoms with Gasteiger partial charge in [-0.05, 0) is 41.8 Å². The van der Waals surface area contributed by atoms with E-state index in [2.05, 4.69) is 5.10 Å². The van der Waals surface area contributed by atoms with Gasteiger partial charge in [0.2, 0.25) is 0 Å². The number of nitrogens with zero attached hydrogens (tertiary/aromatic N) is 2. The summed E-state index contributed by atoms with van der Waals surface area (Å²) in [5.74, 6) is -0.567. The first-order chi connectivity index (χ1) is 14.4. The molecule has 3 aromatic rings. The van der Waals surface area contributed by atoms with E-state index in [1.165, 1.54) is 5.01 Å². The smallest absolute Gasteiger partial charge is 0.250 e. The van der Waals surface area contributed by atoms with Gasteiger partial charge < -0.3 is 0 Å². The molecule has 0 bridgehead atoms. The molecule has 1 aliphatic rings. The van der Waals surface area contributed by atoms with Gasteiger partial charge in [0.1, 0.15) is 0 Å². The van der Waals surface area contributed by atoms with Crippen molar-refractivity contribution in [2.75, 3.05) is 0 Å². The van der Waals surface area contributed by atoms with E-state index in [0.29, 0.717) is 33.6 Å². The summed E-state index contributed by atoms with van der Waals surface area (Å²) in [6.45, 7) is 2.41. The average molecular weight is 458 g/mol. The quantitative estimate of drug-likeness (QED) is 0.420. The molecule has 30 heavy (non-hydrogen) atoms. The molecule has 3 aromatic carbocycles. The Morgan fingerprint density at radius 1 is 0.967 bits per heavy atom. The predicted molar refractivity (Wildman–Crippen MR) is 124 cm³/mol. The number of aryl methyl sites for hydroxylation is 1. The lowest BCUT2D eigenvalue weighted by atomic mass is 9.88. The van der Waals surface area contributed by atoms with E-state index in [1.807, 2.05) is 67.6 Å². The maximum Gasteiger partial charge on any atom is 0.250 e. The number of amides is 1. The summed E-state index contributed by atoms with van der Waals surface area (Å²) in [7, 11) is 0. The van der Waals surface area contributed by atoms with Crippen molar-refractivity contribution in [3.63, 3.8) is 0 Å². The van der Waals surface area contributed by atoms with E-state index in [1.54, 1.807) is 6.07 Å². The van der Waals surface area contributed by atoms with Crippen LogP contribution < -0.4 is 0 Å². The second kappa shape index (κ2) is 8.81. The van der Waals surface area contributed by atoms with Crippen LogP contribution in [0.1, 0.15) is 34.6 Å². The molecule has 0 aromatic heterocycles. The highest BCUT2D eigenvalue weighted by Gasteiger charge is 2.34. The normalized spacial score (nSPS) is 16.5. The summed E-state index contributed by atoms with van der Waals surface area (Å²) in [6, 6.07) is 20.9. The van der Waals surface area contributed by atoms with E-state index < -0.39 is 5.92 Å². The topological polar surface area (TPSA) is 32.7 Å². The van der Waals surface area contributed by atoms with Gasteiger partial charge in [-0.25, -0.2) is 5.01 Å². The minimum Gasteiger partial charge on any atom is -0.272 e. The number of hydrogen-bond donors (Lipinski definition) is 0. The fourth-order valence-corrected chi connectivity index (χ4v) is 4.09. The monoisotopic (exact) mass is 456 g/mol. The second-order valence-corrected chi connectivity index (χ2v) is 8.56. The number of rotatable bonds is 4. The lowest BCUT2D eigenvalue weighted by Gasteiger charge is -2.30. The van der Waals surface area contributed by atoms with Crippen molar-refractivity contribution in [2.45, 2.75) is 25.8 Å². The third kappa shape index (κ3) is 4.39. The standard InChI is InChI=1S/C24H19Cl3N2O/c1-15-5-7-16(8-6-15)14-29-24(30)20(19-3-2-4-21(26)23(19)27)13-22(28-29)17-9-11-18(25)12-10-17/h2-12,20H,13-14H2,1H3/t20-/m1/s1. The van der Waals surface area contributed by atoms with Gasteiger partial charge >= 0.3 is 0 Å². The molecule has 1 amide bonds. The van der Waals surface area contributed by atoms with Crippen LogP contribution in [0, 0.1) is 6.92 Å². The molecule has 152 valence electrons. The van der Waals surface area contributed by atoms with Crippen LogP contribution in [0.3, 0.4) is 0 Å². The van der Waals surface area contributed by atoms with Crippen LogP contribution >= 0.6 is 34.8 Å². The molecule has 1 heterocycles. The van der Waals surface area contributed by atoms with Gasteiger partial charge in [-0.3, -0.25) is 4.79 Å². The van der Waals surface area contributed by atoms with Crippen molar-refractivity contribution in [3.05, 3.63) is 104 Å². The van der Waals surface area contributed by atoms with Gasteiger partial charge in [0, 0.05) is 11.4 Å². The molecular weight excluding hydrogens is 439 g/mol. The van der Waals surface area contributed by atoms with Crippen molar-refractivity contribution < 1.29 is 4.79 Å². The lowest BCUT2D eigenvalue weighted by molar-refractivity contribution is -0.134. The molecule has 4 rings (SSSR count). The zero-order valence-electron chi connectivity index (χ0n) is 16.3. The van der Waals surface area contributed by atoms with Gasteiger partial charge in [0.25, 0.3) is 5.91 Å². The highest BCUT2D eigenvalue weighted by atomic mass is 35.5. The molecule has 0 saturated heterocycles. The number of benzene rings is 3. The van der Waals surface area contributed by atoms with Crippen LogP contribution in [0.4, 0.5) is 0 Å². The van der Waals surface area contributed by atoms with Crippen molar-refractivity contribution in [1.29, 1.82) is 0 Å². The second-order valence-electron chi connectivity index (χ2n) is 7.33. The van der Waals surface area contributed by atoms with Crippen molar-refractivity contribution in [2.24, 2.45) is 5.10 Å². The summed E-state index contributed by atoms with van der Waals surface area (Å²) in [6.07, 6.45) is 0.435. The Hall–Kier alpha value is -2.33. The Morgan fingerprint density at radius 2 is 1.67 bits per heavy atom. The summed E-state index contributed by atoms with van der Waals surface area (Å²) >= 11 is 18.8. The van der Waals surface area contributed by atoms with Gasteiger partial charge in [0.05, 0.1) is 28.2 Å². The van der Waals surface area contributed by atoms with Gasteiger partial charge in [0.15, 0.2) is 0 Å². The van der Waals surface area contributed by atoms with Crippen LogP contribution in [0.25, 0.3) is 0 Å². The molecule has 1 aliphatic heterocycles. The Morgan fingerprint density at radius 3 is 2.37 bits per heavy atom. The molecule has 0 aliphatic carbocycles. The maximum atomic E-state index is 13.4.